The topological polar surface area (TPSA) is 26.3 Å². The summed E-state index contributed by atoms with van der Waals surface area (Å²) in [5.41, 5.74) is 0.156. The van der Waals surface area contributed by atoms with Gasteiger partial charge in [-0.05, 0) is 0 Å². The van der Waals surface area contributed by atoms with E-state index in [0.717, 1.165) is 0 Å². The van der Waals surface area contributed by atoms with Gasteiger partial charge in [-0.25, -0.2) is 0 Å². The van der Waals surface area contributed by atoms with Gasteiger partial charge in [0.2, 0.25) is 0 Å². The van der Waals surface area contributed by atoms with Gasteiger partial charge in [0.05, 0.1) is 0 Å². The zero-order valence-corrected chi connectivity index (χ0v) is 17.0. The molecule has 0 aliphatic rings. The fourth-order valence-electron chi connectivity index (χ4n) is 4.08. The Hall–Kier alpha value is -2.44. The summed E-state index contributed by atoms with van der Waals surface area (Å²) in [7, 11) is -2.42. The van der Waals surface area contributed by atoms with Crippen molar-refractivity contribution in [2.24, 2.45) is 0 Å². The Balaban J connectivity index is 2.24. The first kappa shape index (κ1) is 19.3. The Morgan fingerprint density at radius 2 is 1.15 bits per heavy atom. The summed E-state index contributed by atoms with van der Waals surface area (Å²) in [5, 5.41) is 3.96. The van der Waals surface area contributed by atoms with Crippen molar-refractivity contribution in [3.8, 4) is 0 Å². The van der Waals surface area contributed by atoms with E-state index in [1.54, 1.807) is 0 Å². The molecule has 0 fully saturated rings. The first-order valence-corrected chi connectivity index (χ1v) is 11.6. The van der Waals surface area contributed by atoms with Gasteiger partial charge in [-0.3, -0.25) is 0 Å². The molecule has 0 aliphatic heterocycles. The number of esters is 1. The van der Waals surface area contributed by atoms with E-state index in [9.17, 15) is 4.79 Å². The predicted molar refractivity (Wildman–Crippen MR) is 117 cm³/mol. The molecule has 0 aliphatic carbocycles. The van der Waals surface area contributed by atoms with Crippen molar-refractivity contribution >= 4 is 29.1 Å². The van der Waals surface area contributed by atoms with Gasteiger partial charge >= 0.3 is 162 Å². The molecule has 1 unspecified atom stereocenters. The third kappa shape index (κ3) is 3.96. The first-order valence-electron chi connectivity index (χ1n) is 9.51. The van der Waals surface area contributed by atoms with Crippen molar-refractivity contribution in [2.75, 3.05) is 6.61 Å². The van der Waals surface area contributed by atoms with E-state index >= 15 is 0 Å². The van der Waals surface area contributed by atoms with Gasteiger partial charge in [-0.2, -0.15) is 0 Å². The van der Waals surface area contributed by atoms with Crippen LogP contribution in [0.25, 0.3) is 0 Å². The van der Waals surface area contributed by atoms with Gasteiger partial charge in [0.15, 0.2) is 0 Å². The van der Waals surface area contributed by atoms with Gasteiger partial charge in [0, 0.05) is 0 Å². The second kappa shape index (κ2) is 8.97. The van der Waals surface area contributed by atoms with Crippen LogP contribution in [-0.4, -0.2) is 18.2 Å². The SMILES string of the molecule is CCOC(=O)CC(C)[PH](c1ccccc1)(c1ccccc1)c1ccccc1. The fraction of sp³-hybridized carbons (Fsp3) is 0.208. The molecular weight excluding hydrogens is 351 g/mol. The average molecular weight is 378 g/mol. The van der Waals surface area contributed by atoms with E-state index in [0.29, 0.717) is 13.0 Å². The summed E-state index contributed by atoms with van der Waals surface area (Å²) in [5.74, 6) is -0.121. The van der Waals surface area contributed by atoms with Crippen LogP contribution < -0.4 is 15.9 Å². The van der Waals surface area contributed by atoms with Crippen LogP contribution in [-0.2, 0) is 9.53 Å². The van der Waals surface area contributed by atoms with Crippen molar-refractivity contribution in [2.45, 2.75) is 25.9 Å². The fourth-order valence-corrected chi connectivity index (χ4v) is 9.41. The van der Waals surface area contributed by atoms with Gasteiger partial charge in [0.1, 0.15) is 0 Å². The molecular formula is C24H27O2P. The van der Waals surface area contributed by atoms with E-state index in [-0.39, 0.29) is 11.6 Å². The molecule has 0 N–H and O–H groups in total. The Bertz CT molecular complexity index is 751. The molecule has 3 heteroatoms. The molecule has 140 valence electrons. The summed E-state index contributed by atoms with van der Waals surface area (Å²) in [6.07, 6.45) is 0.415. The van der Waals surface area contributed by atoms with E-state index < -0.39 is 7.26 Å². The minimum atomic E-state index is -2.42. The normalized spacial score (nSPS) is 13.0. The number of carbonyl (C=O) groups excluding carboxylic acids is 1. The zero-order chi connectivity index (χ0) is 19.1. The molecule has 27 heavy (non-hydrogen) atoms. The maximum atomic E-state index is 12.4. The number of hydrogen-bond donors (Lipinski definition) is 0. The molecule has 0 heterocycles. The number of hydrogen-bond acceptors (Lipinski definition) is 2. The Kier molecular flexibility index (Phi) is 6.42. The Morgan fingerprint density at radius 1 is 0.778 bits per heavy atom. The zero-order valence-electron chi connectivity index (χ0n) is 16.0. The molecule has 0 saturated heterocycles. The van der Waals surface area contributed by atoms with Crippen LogP contribution in [0, 0.1) is 0 Å². The summed E-state index contributed by atoms with van der Waals surface area (Å²) in [6, 6.07) is 32.0. The van der Waals surface area contributed by atoms with Gasteiger partial charge in [0.25, 0.3) is 0 Å². The molecule has 0 aromatic heterocycles. The number of benzene rings is 3. The van der Waals surface area contributed by atoms with Crippen molar-refractivity contribution in [3.63, 3.8) is 0 Å². The van der Waals surface area contributed by atoms with Crippen LogP contribution in [0.5, 0.6) is 0 Å². The second-order valence-corrected chi connectivity index (χ2v) is 11.1. The van der Waals surface area contributed by atoms with Crippen LogP contribution >= 0.6 is 7.26 Å². The van der Waals surface area contributed by atoms with Crippen molar-refractivity contribution in [3.05, 3.63) is 91.0 Å². The van der Waals surface area contributed by atoms with Crippen LogP contribution in [0.3, 0.4) is 0 Å². The maximum absolute atomic E-state index is 12.4. The van der Waals surface area contributed by atoms with Crippen LogP contribution in [0.15, 0.2) is 91.0 Å². The van der Waals surface area contributed by atoms with E-state index in [4.69, 9.17) is 4.74 Å². The quantitative estimate of drug-likeness (QED) is 0.458. The first-order chi connectivity index (χ1) is 13.2. The third-order valence-corrected chi connectivity index (χ3v) is 10.6. The van der Waals surface area contributed by atoms with Crippen molar-refractivity contribution in [1.82, 2.24) is 0 Å². The standard InChI is InChI=1S/C24H27O2P/c1-3-26-24(25)19-20(2)27(21-13-7-4-8-14-21,22-15-9-5-10-16-22)23-17-11-6-12-18-23/h4-18,20,27H,3,19H2,1-2H3. The molecule has 0 amide bonds. The number of rotatable bonds is 7. The van der Waals surface area contributed by atoms with Crippen LogP contribution in [0.1, 0.15) is 20.3 Å². The number of ether oxygens (including phenoxy) is 1. The molecule has 0 bridgehead atoms. The molecule has 2 nitrogen and oxygen atoms in total. The molecule has 0 spiro atoms. The molecule has 0 saturated carbocycles. The van der Waals surface area contributed by atoms with Crippen LogP contribution in [0.4, 0.5) is 0 Å². The average Bonchev–Trinajstić information content (AvgIpc) is 2.71. The van der Waals surface area contributed by atoms with E-state index in [2.05, 4.69) is 97.9 Å². The molecule has 3 rings (SSSR count). The summed E-state index contributed by atoms with van der Waals surface area (Å²) >= 11 is 0. The predicted octanol–water partition coefficient (Wildman–Crippen LogP) is 4.05. The van der Waals surface area contributed by atoms with Gasteiger partial charge in [-0.1, -0.05) is 0 Å². The van der Waals surface area contributed by atoms with Gasteiger partial charge in [-0.15, -0.1) is 0 Å². The van der Waals surface area contributed by atoms with Crippen molar-refractivity contribution in [1.29, 1.82) is 0 Å². The third-order valence-electron chi connectivity index (χ3n) is 5.20. The van der Waals surface area contributed by atoms with E-state index in [1.165, 1.54) is 15.9 Å². The second-order valence-electron chi connectivity index (χ2n) is 6.82. The Morgan fingerprint density at radius 3 is 1.48 bits per heavy atom. The number of carbonyl (C=O) groups is 1. The summed E-state index contributed by atoms with van der Waals surface area (Å²) < 4.78 is 5.30. The monoisotopic (exact) mass is 378 g/mol. The summed E-state index contributed by atoms with van der Waals surface area (Å²) in [4.78, 5) is 12.4. The van der Waals surface area contributed by atoms with Gasteiger partial charge < -0.3 is 0 Å². The Labute approximate surface area is 162 Å². The van der Waals surface area contributed by atoms with Crippen LogP contribution in [0.2, 0.25) is 0 Å². The van der Waals surface area contributed by atoms with E-state index in [1.807, 2.05) is 6.92 Å². The summed E-state index contributed by atoms with van der Waals surface area (Å²) in [6.45, 7) is 4.48. The molecule has 0 radical (unpaired) electrons. The molecule has 3 aromatic carbocycles. The minimum absolute atomic E-state index is 0.121. The molecule has 1 atom stereocenters. The van der Waals surface area contributed by atoms with Crippen molar-refractivity contribution < 1.29 is 9.53 Å². The molecule has 3 aromatic rings.